The van der Waals surface area contributed by atoms with Gasteiger partial charge in [-0.3, -0.25) is 4.79 Å². The lowest BCUT2D eigenvalue weighted by molar-refractivity contribution is -0.144. The number of nitrogens with zero attached hydrogens (tertiary/aromatic N) is 1. The minimum absolute atomic E-state index is 0.0543. The molecule has 1 aromatic rings. The molecule has 1 aliphatic rings. The third-order valence-corrected chi connectivity index (χ3v) is 4.95. The van der Waals surface area contributed by atoms with E-state index in [2.05, 4.69) is 4.74 Å². The Morgan fingerprint density at radius 2 is 2.00 bits per heavy atom. The van der Waals surface area contributed by atoms with Crippen LogP contribution in [0.4, 0.5) is 0 Å². The maximum absolute atomic E-state index is 12.4. The molecule has 0 radical (unpaired) electrons. The highest BCUT2D eigenvalue weighted by molar-refractivity contribution is 7.89. The van der Waals surface area contributed by atoms with Crippen LogP contribution in [0, 0.1) is 0 Å². The van der Waals surface area contributed by atoms with Crippen molar-refractivity contribution in [2.24, 2.45) is 0 Å². The molecule has 1 aromatic carbocycles. The van der Waals surface area contributed by atoms with Crippen molar-refractivity contribution < 1.29 is 23.1 Å². The number of ether oxygens (including phenoxy) is 1. The van der Waals surface area contributed by atoms with Crippen LogP contribution in [-0.2, 0) is 19.6 Å². The van der Waals surface area contributed by atoms with Crippen LogP contribution in [0.5, 0.6) is 0 Å². The summed E-state index contributed by atoms with van der Waals surface area (Å²) >= 11 is 0. The maximum Gasteiger partial charge on any atom is 0.324 e. The van der Waals surface area contributed by atoms with Gasteiger partial charge in [0.2, 0.25) is 10.0 Å². The van der Waals surface area contributed by atoms with Crippen molar-refractivity contribution in [3.8, 4) is 0 Å². The van der Waals surface area contributed by atoms with Gasteiger partial charge in [-0.25, -0.2) is 8.42 Å². The fraction of sp³-hybridized carbons (Fsp3) is 0.417. The fourth-order valence-corrected chi connectivity index (χ4v) is 3.78. The van der Waals surface area contributed by atoms with Gasteiger partial charge in [0.05, 0.1) is 18.1 Å². The molecule has 0 bridgehead atoms. The molecule has 2 rings (SSSR count). The van der Waals surface area contributed by atoms with Crippen molar-refractivity contribution in [2.75, 3.05) is 13.7 Å². The molecule has 1 heterocycles. The zero-order valence-electron chi connectivity index (χ0n) is 10.4. The van der Waals surface area contributed by atoms with Crippen LogP contribution in [0.15, 0.2) is 35.2 Å². The van der Waals surface area contributed by atoms with Crippen molar-refractivity contribution >= 4 is 16.0 Å². The van der Waals surface area contributed by atoms with Gasteiger partial charge in [-0.05, 0) is 12.1 Å². The number of aliphatic hydroxyl groups is 1. The van der Waals surface area contributed by atoms with Crippen LogP contribution in [0.3, 0.4) is 0 Å². The number of β-amino-alcohol motifs (C(OH)–C–C–N with tert-alkyl or cyclic N) is 1. The second-order valence-electron chi connectivity index (χ2n) is 4.32. The van der Waals surface area contributed by atoms with E-state index in [1.165, 1.54) is 19.2 Å². The predicted octanol–water partition coefficient (Wildman–Crippen LogP) is -0.0165. The van der Waals surface area contributed by atoms with Crippen LogP contribution in [0.1, 0.15) is 6.42 Å². The van der Waals surface area contributed by atoms with E-state index < -0.39 is 28.1 Å². The number of esters is 1. The van der Waals surface area contributed by atoms with E-state index in [4.69, 9.17) is 0 Å². The zero-order valence-corrected chi connectivity index (χ0v) is 11.2. The third kappa shape index (κ3) is 2.63. The van der Waals surface area contributed by atoms with Gasteiger partial charge in [0.25, 0.3) is 0 Å². The van der Waals surface area contributed by atoms with E-state index in [9.17, 15) is 18.3 Å². The summed E-state index contributed by atoms with van der Waals surface area (Å²) in [7, 11) is -2.61. The third-order valence-electron chi connectivity index (χ3n) is 3.06. The molecule has 1 N–H and O–H groups in total. The lowest BCUT2D eigenvalue weighted by atomic mass is 10.2. The van der Waals surface area contributed by atoms with Crippen LogP contribution in [-0.4, -0.2) is 49.6 Å². The lowest BCUT2D eigenvalue weighted by Crippen LogP contribution is -2.41. The number of hydrogen-bond acceptors (Lipinski definition) is 5. The Bertz CT molecular complexity index is 557. The minimum Gasteiger partial charge on any atom is -0.468 e. The Morgan fingerprint density at radius 1 is 1.37 bits per heavy atom. The van der Waals surface area contributed by atoms with Gasteiger partial charge >= 0.3 is 5.97 Å². The molecule has 1 saturated heterocycles. The number of methoxy groups -OCH3 is 1. The molecule has 2 atom stereocenters. The van der Waals surface area contributed by atoms with Gasteiger partial charge in [-0.1, -0.05) is 18.2 Å². The van der Waals surface area contributed by atoms with E-state index in [1.807, 2.05) is 0 Å². The molecule has 0 spiro atoms. The summed E-state index contributed by atoms with van der Waals surface area (Å²) in [5, 5.41) is 9.61. The highest BCUT2D eigenvalue weighted by Crippen LogP contribution is 2.26. The van der Waals surface area contributed by atoms with Crippen molar-refractivity contribution in [1.82, 2.24) is 4.31 Å². The molecular weight excluding hydrogens is 270 g/mol. The molecule has 0 saturated carbocycles. The van der Waals surface area contributed by atoms with Crippen LogP contribution in [0.25, 0.3) is 0 Å². The summed E-state index contributed by atoms with van der Waals surface area (Å²) in [6.07, 6.45) is -0.804. The Labute approximate surface area is 111 Å². The number of hydrogen-bond donors (Lipinski definition) is 1. The molecule has 0 aliphatic carbocycles. The van der Waals surface area contributed by atoms with E-state index in [-0.39, 0.29) is 17.9 Å². The largest absolute Gasteiger partial charge is 0.468 e. The fourth-order valence-electron chi connectivity index (χ4n) is 2.13. The summed E-state index contributed by atoms with van der Waals surface area (Å²) in [4.78, 5) is 11.7. The molecule has 0 unspecified atom stereocenters. The van der Waals surface area contributed by atoms with Gasteiger partial charge in [0, 0.05) is 13.0 Å². The summed E-state index contributed by atoms with van der Waals surface area (Å²) in [5.41, 5.74) is 0. The lowest BCUT2D eigenvalue weighted by Gasteiger charge is -2.21. The van der Waals surface area contributed by atoms with Crippen molar-refractivity contribution in [3.63, 3.8) is 0 Å². The second-order valence-corrected chi connectivity index (χ2v) is 6.21. The highest BCUT2D eigenvalue weighted by atomic mass is 32.2. The Balaban J connectivity index is 2.36. The topological polar surface area (TPSA) is 83.9 Å². The first-order chi connectivity index (χ1) is 8.96. The molecule has 1 fully saturated rings. The van der Waals surface area contributed by atoms with E-state index >= 15 is 0 Å². The number of sulfonamides is 1. The van der Waals surface area contributed by atoms with Gasteiger partial charge in [-0.15, -0.1) is 0 Å². The summed E-state index contributed by atoms with van der Waals surface area (Å²) in [5.74, 6) is -0.656. The van der Waals surface area contributed by atoms with E-state index in [1.54, 1.807) is 18.2 Å². The molecule has 19 heavy (non-hydrogen) atoms. The zero-order chi connectivity index (χ0) is 14.0. The van der Waals surface area contributed by atoms with E-state index in [0.29, 0.717) is 0 Å². The van der Waals surface area contributed by atoms with Crippen molar-refractivity contribution in [1.29, 1.82) is 0 Å². The average molecular weight is 285 g/mol. The molecule has 104 valence electrons. The average Bonchev–Trinajstić information content (AvgIpc) is 2.81. The number of carbonyl (C=O) groups excluding carboxylic acids is 1. The molecule has 7 heteroatoms. The summed E-state index contributed by atoms with van der Waals surface area (Å²) < 4.78 is 30.4. The number of carbonyl (C=O) groups is 1. The highest BCUT2D eigenvalue weighted by Gasteiger charge is 2.43. The Kier molecular flexibility index (Phi) is 3.88. The Hall–Kier alpha value is -1.44. The minimum atomic E-state index is -3.80. The molecule has 0 amide bonds. The quantitative estimate of drug-likeness (QED) is 0.789. The Morgan fingerprint density at radius 3 is 2.58 bits per heavy atom. The first kappa shape index (κ1) is 14.0. The first-order valence-corrected chi connectivity index (χ1v) is 7.23. The molecule has 6 nitrogen and oxygen atoms in total. The maximum atomic E-state index is 12.4. The number of rotatable bonds is 3. The SMILES string of the molecule is COC(=O)[C@H]1C[C@H](O)CN1S(=O)(=O)c1ccccc1. The van der Waals surface area contributed by atoms with Crippen LogP contribution in [0.2, 0.25) is 0 Å². The van der Waals surface area contributed by atoms with Gasteiger partial charge in [0.1, 0.15) is 6.04 Å². The van der Waals surface area contributed by atoms with Gasteiger partial charge < -0.3 is 9.84 Å². The van der Waals surface area contributed by atoms with Crippen molar-refractivity contribution in [3.05, 3.63) is 30.3 Å². The van der Waals surface area contributed by atoms with Crippen molar-refractivity contribution in [2.45, 2.75) is 23.5 Å². The molecule has 0 aromatic heterocycles. The van der Waals surface area contributed by atoms with Crippen LogP contribution >= 0.6 is 0 Å². The first-order valence-electron chi connectivity index (χ1n) is 5.79. The van der Waals surface area contributed by atoms with E-state index in [0.717, 1.165) is 4.31 Å². The standard InChI is InChI=1S/C12H15NO5S/c1-18-12(15)11-7-9(14)8-13(11)19(16,17)10-5-3-2-4-6-10/h2-6,9,11,14H,7-8H2,1H3/t9-,11+/m0/s1. The normalized spacial score (nSPS) is 24.3. The smallest absolute Gasteiger partial charge is 0.324 e. The van der Waals surface area contributed by atoms with Gasteiger partial charge in [-0.2, -0.15) is 4.31 Å². The number of aliphatic hydroxyl groups excluding tert-OH is 1. The predicted molar refractivity (Wildman–Crippen MR) is 66.8 cm³/mol. The molecule has 1 aliphatic heterocycles. The van der Waals surface area contributed by atoms with Gasteiger partial charge in [0.15, 0.2) is 0 Å². The number of benzene rings is 1. The van der Waals surface area contributed by atoms with Crippen LogP contribution < -0.4 is 0 Å². The second kappa shape index (κ2) is 5.28. The summed E-state index contributed by atoms with van der Waals surface area (Å²) in [6.45, 7) is -0.100. The monoisotopic (exact) mass is 285 g/mol. The summed E-state index contributed by atoms with van der Waals surface area (Å²) in [6, 6.07) is 6.85. The molecular formula is C12H15NO5S.